The normalized spacial score (nSPS) is 10.5. The van der Waals surface area contributed by atoms with Crippen LogP contribution in [-0.2, 0) is 0 Å². The minimum Gasteiger partial charge on any atom is -0.320 e. The molecule has 3 rings (SSSR count). The Bertz CT molecular complexity index is 958. The molecule has 1 N–H and O–H groups in total. The van der Waals surface area contributed by atoms with Gasteiger partial charge in [-0.15, -0.1) is 0 Å². The van der Waals surface area contributed by atoms with Gasteiger partial charge in [-0.05, 0) is 52.3 Å². The number of carbonyl (C=O) groups excluding carboxylic acids is 1. The van der Waals surface area contributed by atoms with E-state index in [2.05, 4.69) is 42.3 Å². The van der Waals surface area contributed by atoms with Crippen LogP contribution in [0.25, 0.3) is 5.69 Å². The number of carbonyl (C=O) groups is 1. The monoisotopic (exact) mass is 464 g/mol. The van der Waals surface area contributed by atoms with Crippen LogP contribution in [0.4, 0.5) is 11.4 Å². The summed E-state index contributed by atoms with van der Waals surface area (Å²) in [5, 5.41) is 18.0. The van der Waals surface area contributed by atoms with E-state index < -0.39 is 10.8 Å². The maximum Gasteiger partial charge on any atom is 0.284 e. The lowest BCUT2D eigenvalue weighted by Gasteiger charge is -2.12. The molecule has 0 spiro atoms. The highest BCUT2D eigenvalue weighted by atomic mass is 79.9. The quantitative estimate of drug-likeness (QED) is 0.451. The van der Waals surface area contributed by atoms with Crippen molar-refractivity contribution in [3.05, 3.63) is 79.5 Å². The van der Waals surface area contributed by atoms with Gasteiger partial charge in [-0.3, -0.25) is 14.9 Å². The average Bonchev–Trinajstić information content (AvgIpc) is 3.09. The number of nitrogens with one attached hydrogen (secondary N) is 1. The SMILES string of the molecule is O=C(Nc1cc(Br)ccc1-n1cccn1)c1ccc(Br)c([N+](=O)[O-])c1. The number of anilines is 1. The van der Waals surface area contributed by atoms with Crippen molar-refractivity contribution >= 4 is 49.1 Å². The lowest BCUT2D eigenvalue weighted by Crippen LogP contribution is -2.14. The third kappa shape index (κ3) is 3.77. The van der Waals surface area contributed by atoms with Crippen molar-refractivity contribution in [1.29, 1.82) is 0 Å². The molecule has 0 saturated carbocycles. The van der Waals surface area contributed by atoms with Crippen molar-refractivity contribution in [3.8, 4) is 5.69 Å². The molecule has 9 heteroatoms. The van der Waals surface area contributed by atoms with E-state index in [0.717, 1.165) is 4.47 Å². The number of aromatic nitrogens is 2. The van der Waals surface area contributed by atoms with Gasteiger partial charge in [0.05, 0.1) is 20.8 Å². The predicted molar refractivity (Wildman–Crippen MR) is 100 cm³/mol. The molecule has 1 heterocycles. The van der Waals surface area contributed by atoms with Crippen molar-refractivity contribution in [2.75, 3.05) is 5.32 Å². The first kappa shape index (κ1) is 17.3. The Balaban J connectivity index is 1.95. The van der Waals surface area contributed by atoms with Crippen LogP contribution in [0.5, 0.6) is 0 Å². The summed E-state index contributed by atoms with van der Waals surface area (Å²) in [4.78, 5) is 23.0. The number of hydrogen-bond acceptors (Lipinski definition) is 4. The van der Waals surface area contributed by atoms with Crippen LogP contribution in [0, 0.1) is 10.1 Å². The van der Waals surface area contributed by atoms with E-state index in [9.17, 15) is 14.9 Å². The van der Waals surface area contributed by atoms with Gasteiger partial charge in [-0.2, -0.15) is 5.10 Å². The van der Waals surface area contributed by atoms with E-state index in [1.54, 1.807) is 35.3 Å². The lowest BCUT2D eigenvalue weighted by molar-refractivity contribution is -0.385. The molecule has 0 radical (unpaired) electrons. The molecule has 1 aromatic heterocycles. The zero-order chi connectivity index (χ0) is 18.0. The second kappa shape index (κ2) is 7.16. The van der Waals surface area contributed by atoms with Crippen molar-refractivity contribution in [1.82, 2.24) is 9.78 Å². The smallest absolute Gasteiger partial charge is 0.284 e. The Morgan fingerprint density at radius 1 is 1.20 bits per heavy atom. The summed E-state index contributed by atoms with van der Waals surface area (Å²) in [5.74, 6) is -0.456. The largest absolute Gasteiger partial charge is 0.320 e. The van der Waals surface area contributed by atoms with E-state index in [4.69, 9.17) is 0 Å². The molecule has 0 fully saturated rings. The number of hydrogen-bond donors (Lipinski definition) is 1. The molecule has 0 bridgehead atoms. The molecule has 7 nitrogen and oxygen atoms in total. The van der Waals surface area contributed by atoms with Gasteiger partial charge in [0.1, 0.15) is 0 Å². The lowest BCUT2D eigenvalue weighted by atomic mass is 10.1. The minimum absolute atomic E-state index is 0.172. The van der Waals surface area contributed by atoms with Crippen LogP contribution in [0.15, 0.2) is 63.8 Å². The van der Waals surface area contributed by atoms with E-state index in [0.29, 0.717) is 15.8 Å². The maximum atomic E-state index is 12.5. The standard InChI is InChI=1S/C16H10Br2N4O3/c17-11-3-5-14(21-7-1-6-19-21)13(9-11)20-16(23)10-2-4-12(18)15(8-10)22(24)25/h1-9H,(H,20,23). The zero-order valence-electron chi connectivity index (χ0n) is 12.5. The molecule has 0 atom stereocenters. The number of benzene rings is 2. The highest BCUT2D eigenvalue weighted by Gasteiger charge is 2.17. The van der Waals surface area contributed by atoms with Crippen LogP contribution in [-0.4, -0.2) is 20.6 Å². The van der Waals surface area contributed by atoms with Crippen LogP contribution in [0.2, 0.25) is 0 Å². The topological polar surface area (TPSA) is 90.1 Å². The first-order valence-corrected chi connectivity index (χ1v) is 8.59. The Labute approximate surface area is 159 Å². The number of halogens is 2. The number of nitro benzene ring substituents is 1. The Hall–Kier alpha value is -2.52. The maximum absolute atomic E-state index is 12.5. The number of amides is 1. The molecule has 126 valence electrons. The molecule has 0 saturated heterocycles. The van der Waals surface area contributed by atoms with E-state index in [-0.39, 0.29) is 11.3 Å². The molecule has 0 aliphatic rings. The van der Waals surface area contributed by atoms with Gasteiger partial charge in [-0.1, -0.05) is 15.9 Å². The predicted octanol–water partition coefficient (Wildman–Crippen LogP) is 4.56. The second-order valence-corrected chi connectivity index (χ2v) is 6.76. The summed E-state index contributed by atoms with van der Waals surface area (Å²) >= 11 is 6.47. The van der Waals surface area contributed by atoms with Crippen molar-refractivity contribution in [3.63, 3.8) is 0 Å². The molecule has 0 aliphatic heterocycles. The summed E-state index contributed by atoms with van der Waals surface area (Å²) in [6, 6.07) is 11.4. The third-order valence-corrected chi connectivity index (χ3v) is 4.53. The van der Waals surface area contributed by atoms with Crippen LogP contribution in [0.3, 0.4) is 0 Å². The van der Waals surface area contributed by atoms with Gasteiger partial charge in [0, 0.05) is 28.5 Å². The molecular weight excluding hydrogens is 456 g/mol. The first-order chi connectivity index (χ1) is 12.0. The number of rotatable bonds is 4. The Morgan fingerprint density at radius 2 is 2.00 bits per heavy atom. The van der Waals surface area contributed by atoms with Gasteiger partial charge in [0.15, 0.2) is 0 Å². The van der Waals surface area contributed by atoms with Crippen LogP contribution < -0.4 is 5.32 Å². The first-order valence-electron chi connectivity index (χ1n) is 7.00. The second-order valence-electron chi connectivity index (χ2n) is 4.99. The molecule has 25 heavy (non-hydrogen) atoms. The molecular formula is C16H10Br2N4O3. The van der Waals surface area contributed by atoms with Crippen LogP contribution in [0.1, 0.15) is 10.4 Å². The van der Waals surface area contributed by atoms with Gasteiger partial charge in [0.2, 0.25) is 0 Å². The van der Waals surface area contributed by atoms with Crippen LogP contribution >= 0.6 is 31.9 Å². The fourth-order valence-electron chi connectivity index (χ4n) is 2.21. The number of nitrogens with zero attached hydrogens (tertiary/aromatic N) is 3. The van der Waals surface area contributed by atoms with E-state index in [1.807, 2.05) is 6.07 Å². The molecule has 0 aliphatic carbocycles. The van der Waals surface area contributed by atoms with Gasteiger partial charge in [-0.25, -0.2) is 4.68 Å². The third-order valence-electron chi connectivity index (χ3n) is 3.36. The van der Waals surface area contributed by atoms with Gasteiger partial charge in [0.25, 0.3) is 11.6 Å². The Morgan fingerprint density at radius 3 is 2.68 bits per heavy atom. The van der Waals surface area contributed by atoms with Gasteiger partial charge < -0.3 is 5.32 Å². The van der Waals surface area contributed by atoms with E-state index >= 15 is 0 Å². The highest BCUT2D eigenvalue weighted by Crippen LogP contribution is 2.28. The van der Waals surface area contributed by atoms with Crippen molar-refractivity contribution in [2.24, 2.45) is 0 Å². The highest BCUT2D eigenvalue weighted by molar-refractivity contribution is 9.10. The average molecular weight is 466 g/mol. The summed E-state index contributed by atoms with van der Waals surface area (Å²) in [7, 11) is 0. The number of nitro groups is 1. The summed E-state index contributed by atoms with van der Waals surface area (Å²) in [6.07, 6.45) is 3.38. The fraction of sp³-hybridized carbons (Fsp3) is 0. The molecule has 2 aromatic carbocycles. The molecule has 0 unspecified atom stereocenters. The minimum atomic E-state index is -0.546. The summed E-state index contributed by atoms with van der Waals surface area (Å²) < 4.78 is 2.71. The fourth-order valence-corrected chi connectivity index (χ4v) is 2.96. The van der Waals surface area contributed by atoms with E-state index in [1.165, 1.54) is 18.2 Å². The summed E-state index contributed by atoms with van der Waals surface area (Å²) in [6.45, 7) is 0. The molecule has 1 amide bonds. The van der Waals surface area contributed by atoms with Crippen molar-refractivity contribution in [2.45, 2.75) is 0 Å². The van der Waals surface area contributed by atoms with Crippen molar-refractivity contribution < 1.29 is 9.72 Å². The van der Waals surface area contributed by atoms with Gasteiger partial charge >= 0.3 is 0 Å². The molecule has 3 aromatic rings. The Kier molecular flexibility index (Phi) is 4.95. The zero-order valence-corrected chi connectivity index (χ0v) is 15.7. The summed E-state index contributed by atoms with van der Waals surface area (Å²) in [5.41, 5.74) is 1.21.